The lowest BCUT2D eigenvalue weighted by atomic mass is 9.75. The van der Waals surface area contributed by atoms with Gasteiger partial charge < -0.3 is 9.31 Å². The maximum atomic E-state index is 6.63. The Morgan fingerprint density at radius 1 is 0.468 bits per heavy atom. The van der Waals surface area contributed by atoms with Gasteiger partial charge in [-0.3, -0.25) is 0 Å². The zero-order valence-electron chi connectivity index (χ0n) is 28.7. The average Bonchev–Trinajstić information content (AvgIpc) is 3.63. The molecule has 2 nitrogen and oxygen atoms in total. The predicted molar refractivity (Wildman–Crippen MR) is 203 cm³/mol. The van der Waals surface area contributed by atoms with Crippen molar-refractivity contribution in [1.29, 1.82) is 0 Å². The molecule has 0 spiro atoms. The summed E-state index contributed by atoms with van der Waals surface area (Å²) in [4.78, 5) is 0. The highest BCUT2D eigenvalue weighted by Crippen LogP contribution is 2.53. The van der Waals surface area contributed by atoms with Gasteiger partial charge in [0.05, 0.1) is 11.2 Å². The number of hydrogen-bond acceptors (Lipinski definition) is 2. The van der Waals surface area contributed by atoms with Gasteiger partial charge in [0.25, 0.3) is 0 Å². The number of fused-ring (bicyclic) bond motifs is 7. The standard InChI is InChI=1S/C44H41BO2/c1-24(2)26-15-17-27(18-16-26)37-32-13-9-11-29-35-23-28(25(3)4)19-20-30(35)40(39(29)32)42-34-21-22-36(45-46-43(5,6)44(7,8)47-45)31-12-10-14-33(38(31)34)41(37)42/h9-25H,1-8H3. The molecule has 0 radical (unpaired) electrons. The van der Waals surface area contributed by atoms with Gasteiger partial charge in [-0.25, -0.2) is 0 Å². The summed E-state index contributed by atoms with van der Waals surface area (Å²) < 4.78 is 13.3. The lowest BCUT2D eigenvalue weighted by Gasteiger charge is -2.32. The Kier molecular flexibility index (Phi) is 5.98. The molecular formula is C44H41BO2. The summed E-state index contributed by atoms with van der Waals surface area (Å²) >= 11 is 0. The Labute approximate surface area is 277 Å². The second-order valence-electron chi connectivity index (χ2n) is 15.5. The summed E-state index contributed by atoms with van der Waals surface area (Å²) in [6.45, 7) is 17.6. The van der Waals surface area contributed by atoms with Crippen LogP contribution in [0, 0.1) is 0 Å². The van der Waals surface area contributed by atoms with Crippen LogP contribution >= 0.6 is 0 Å². The van der Waals surface area contributed by atoms with Crippen LogP contribution in [0.25, 0.3) is 75.8 Å². The van der Waals surface area contributed by atoms with Crippen molar-refractivity contribution in [3.8, 4) is 11.1 Å². The quantitative estimate of drug-likeness (QED) is 0.184. The van der Waals surface area contributed by atoms with Crippen LogP contribution in [0.4, 0.5) is 0 Å². The van der Waals surface area contributed by atoms with Gasteiger partial charge in [-0.15, -0.1) is 0 Å². The van der Waals surface area contributed by atoms with Gasteiger partial charge in [-0.05, 0) is 132 Å². The molecule has 1 aliphatic heterocycles. The highest BCUT2D eigenvalue weighted by atomic mass is 16.7. The number of hydrogen-bond donors (Lipinski definition) is 0. The fourth-order valence-corrected chi connectivity index (χ4v) is 8.29. The molecule has 0 atom stereocenters. The number of rotatable bonds is 4. The molecule has 1 aliphatic rings. The summed E-state index contributed by atoms with van der Waals surface area (Å²) in [6.07, 6.45) is 0. The Hall–Kier alpha value is -4.18. The first-order valence-electron chi connectivity index (χ1n) is 17.3. The minimum absolute atomic E-state index is 0.405. The lowest BCUT2D eigenvalue weighted by Crippen LogP contribution is -2.41. The molecule has 0 unspecified atom stereocenters. The predicted octanol–water partition coefficient (Wildman–Crippen LogP) is 11.7. The third-order valence-corrected chi connectivity index (χ3v) is 11.6. The van der Waals surface area contributed by atoms with E-state index < -0.39 is 18.3 Å². The van der Waals surface area contributed by atoms with Crippen molar-refractivity contribution in [2.45, 2.75) is 78.4 Å². The molecule has 8 aromatic rings. The van der Waals surface area contributed by atoms with Crippen LogP contribution in [0.1, 0.15) is 78.4 Å². The van der Waals surface area contributed by atoms with Crippen LogP contribution in [0.15, 0.2) is 91.0 Å². The maximum Gasteiger partial charge on any atom is 0.495 e. The van der Waals surface area contributed by atoms with Crippen molar-refractivity contribution in [3.63, 3.8) is 0 Å². The minimum atomic E-state index is -0.424. The molecule has 47 heavy (non-hydrogen) atoms. The first-order valence-corrected chi connectivity index (χ1v) is 17.3. The second-order valence-corrected chi connectivity index (χ2v) is 15.5. The van der Waals surface area contributed by atoms with Gasteiger partial charge in [-0.1, -0.05) is 119 Å². The average molecular weight is 613 g/mol. The van der Waals surface area contributed by atoms with Crippen LogP contribution in [-0.2, 0) is 9.31 Å². The van der Waals surface area contributed by atoms with Gasteiger partial charge in [0, 0.05) is 0 Å². The van der Waals surface area contributed by atoms with E-state index in [1.807, 2.05) is 0 Å². The maximum absolute atomic E-state index is 6.63. The summed E-state index contributed by atoms with van der Waals surface area (Å²) in [5.74, 6) is 0.953. The van der Waals surface area contributed by atoms with E-state index >= 15 is 0 Å². The van der Waals surface area contributed by atoms with Gasteiger partial charge in [0.1, 0.15) is 0 Å². The SMILES string of the molecule is CC(C)c1ccc(-c2c3cccc4c5cc(C(C)C)ccc5c(c34)c3c4ccc(B5OC(C)(C)C(C)(C)O5)c5cccc(c23)c54)cc1. The van der Waals surface area contributed by atoms with Gasteiger partial charge >= 0.3 is 7.12 Å². The Morgan fingerprint density at radius 2 is 1.00 bits per heavy atom. The molecule has 0 bridgehead atoms. The third kappa shape index (κ3) is 3.88. The summed E-state index contributed by atoms with van der Waals surface area (Å²) in [5.41, 5.74) is 5.63. The number of benzene rings is 6. The summed E-state index contributed by atoms with van der Waals surface area (Å²) in [6, 6.07) is 34.9. The molecule has 1 fully saturated rings. The normalized spacial score (nSPS) is 16.6. The van der Waals surface area contributed by atoms with Crippen LogP contribution in [-0.4, -0.2) is 18.3 Å². The monoisotopic (exact) mass is 612 g/mol. The first kappa shape index (κ1) is 29.0. The molecule has 1 saturated heterocycles. The molecule has 8 aromatic carbocycles. The van der Waals surface area contributed by atoms with E-state index in [1.165, 1.54) is 86.9 Å². The van der Waals surface area contributed by atoms with Gasteiger partial charge in [0.15, 0.2) is 0 Å². The fraction of sp³-hybridized carbons (Fsp3) is 0.273. The van der Waals surface area contributed by atoms with E-state index in [4.69, 9.17) is 9.31 Å². The lowest BCUT2D eigenvalue weighted by molar-refractivity contribution is 0.00578. The van der Waals surface area contributed by atoms with Crippen molar-refractivity contribution in [2.75, 3.05) is 0 Å². The van der Waals surface area contributed by atoms with Crippen LogP contribution in [0.5, 0.6) is 0 Å². The highest BCUT2D eigenvalue weighted by Gasteiger charge is 2.52. The van der Waals surface area contributed by atoms with Crippen molar-refractivity contribution >= 4 is 77.2 Å². The molecule has 0 amide bonds. The Morgan fingerprint density at radius 3 is 1.68 bits per heavy atom. The van der Waals surface area contributed by atoms with Gasteiger partial charge in [0.2, 0.25) is 0 Å². The summed E-state index contributed by atoms with van der Waals surface area (Å²) in [7, 11) is -0.424. The largest absolute Gasteiger partial charge is 0.495 e. The minimum Gasteiger partial charge on any atom is -0.399 e. The van der Waals surface area contributed by atoms with Crippen molar-refractivity contribution in [1.82, 2.24) is 0 Å². The van der Waals surface area contributed by atoms with E-state index in [9.17, 15) is 0 Å². The van der Waals surface area contributed by atoms with E-state index in [1.54, 1.807) is 0 Å². The Balaban J connectivity index is 1.47. The van der Waals surface area contributed by atoms with E-state index in [-0.39, 0.29) is 0 Å². The molecule has 0 aromatic heterocycles. The molecule has 0 aliphatic carbocycles. The van der Waals surface area contributed by atoms with E-state index in [0.29, 0.717) is 11.8 Å². The van der Waals surface area contributed by atoms with E-state index in [2.05, 4.69) is 146 Å². The van der Waals surface area contributed by atoms with Crippen LogP contribution < -0.4 is 5.46 Å². The molecule has 0 N–H and O–H groups in total. The highest BCUT2D eigenvalue weighted by molar-refractivity contribution is 6.66. The smallest absolute Gasteiger partial charge is 0.399 e. The fourth-order valence-electron chi connectivity index (χ4n) is 8.29. The molecule has 232 valence electrons. The first-order chi connectivity index (χ1) is 22.5. The zero-order valence-corrected chi connectivity index (χ0v) is 28.7. The van der Waals surface area contributed by atoms with Crippen LogP contribution in [0.3, 0.4) is 0 Å². The molecular weight excluding hydrogens is 571 g/mol. The topological polar surface area (TPSA) is 18.5 Å². The van der Waals surface area contributed by atoms with Crippen molar-refractivity contribution in [2.24, 2.45) is 0 Å². The summed E-state index contributed by atoms with van der Waals surface area (Å²) in [5, 5.41) is 15.9. The van der Waals surface area contributed by atoms with Crippen molar-refractivity contribution < 1.29 is 9.31 Å². The third-order valence-electron chi connectivity index (χ3n) is 11.6. The molecule has 9 rings (SSSR count). The molecule has 3 heteroatoms. The van der Waals surface area contributed by atoms with Gasteiger partial charge in [-0.2, -0.15) is 0 Å². The second kappa shape index (κ2) is 9.69. The van der Waals surface area contributed by atoms with Crippen LogP contribution in [0.2, 0.25) is 0 Å². The Bertz CT molecular complexity index is 2500. The van der Waals surface area contributed by atoms with Crippen molar-refractivity contribution in [3.05, 3.63) is 102 Å². The van der Waals surface area contributed by atoms with E-state index in [0.717, 1.165) is 5.46 Å². The molecule has 0 saturated carbocycles. The molecule has 1 heterocycles. The zero-order chi connectivity index (χ0) is 32.6.